The largest absolute Gasteiger partial charge is 0.382 e. The van der Waals surface area contributed by atoms with Crippen LogP contribution in [0.2, 0.25) is 0 Å². The summed E-state index contributed by atoms with van der Waals surface area (Å²) < 4.78 is 9.96. The number of nitrogens with zero attached hydrogens (tertiary/aromatic N) is 1. The van der Waals surface area contributed by atoms with E-state index in [9.17, 15) is 0 Å². The Kier molecular flexibility index (Phi) is 8.57. The van der Waals surface area contributed by atoms with Crippen molar-refractivity contribution in [3.8, 4) is 6.07 Å². The third kappa shape index (κ3) is 6.41. The second-order valence-corrected chi connectivity index (χ2v) is 2.68. The molecule has 12 heavy (non-hydrogen) atoms. The summed E-state index contributed by atoms with van der Waals surface area (Å²) in [5.41, 5.74) is 0. The Labute approximate surface area is 78.2 Å². The zero-order chi connectivity index (χ0) is 9.23. The van der Waals surface area contributed by atoms with E-state index in [1.807, 2.05) is 0 Å². The van der Waals surface area contributed by atoms with Gasteiger partial charge in [-0.15, -0.1) is 11.6 Å². The van der Waals surface area contributed by atoms with Gasteiger partial charge in [0.1, 0.15) is 0 Å². The van der Waals surface area contributed by atoms with Crippen molar-refractivity contribution in [2.45, 2.75) is 6.42 Å². The first-order valence-corrected chi connectivity index (χ1v) is 4.40. The van der Waals surface area contributed by atoms with Gasteiger partial charge < -0.3 is 9.47 Å². The van der Waals surface area contributed by atoms with Crippen molar-refractivity contribution < 1.29 is 9.47 Å². The summed E-state index contributed by atoms with van der Waals surface area (Å²) >= 11 is 5.51. The molecule has 0 heterocycles. The average Bonchev–Trinajstić information content (AvgIpc) is 2.11. The fourth-order valence-electron chi connectivity index (χ4n) is 0.646. The molecule has 0 radical (unpaired) electrons. The van der Waals surface area contributed by atoms with E-state index in [4.69, 9.17) is 26.3 Å². The van der Waals surface area contributed by atoms with Crippen molar-refractivity contribution in [3.05, 3.63) is 0 Å². The smallest absolute Gasteiger partial charge is 0.0700 e. The Hall–Kier alpha value is -0.300. The molecule has 1 unspecified atom stereocenters. The van der Waals surface area contributed by atoms with E-state index in [1.54, 1.807) is 7.11 Å². The normalized spacial score (nSPS) is 12.4. The van der Waals surface area contributed by atoms with Gasteiger partial charge in [0.25, 0.3) is 0 Å². The predicted molar refractivity (Wildman–Crippen MR) is 47.1 cm³/mol. The highest BCUT2D eigenvalue weighted by molar-refractivity contribution is 6.18. The lowest BCUT2D eigenvalue weighted by molar-refractivity contribution is 0.0669. The molecule has 0 rings (SSSR count). The average molecular weight is 192 g/mol. The van der Waals surface area contributed by atoms with Gasteiger partial charge in [-0.05, 0) is 6.42 Å². The van der Waals surface area contributed by atoms with Crippen LogP contribution < -0.4 is 0 Å². The minimum atomic E-state index is -0.0887. The molecule has 0 saturated heterocycles. The zero-order valence-corrected chi connectivity index (χ0v) is 8.01. The van der Waals surface area contributed by atoms with Crippen LogP contribution in [0.15, 0.2) is 0 Å². The van der Waals surface area contributed by atoms with E-state index in [-0.39, 0.29) is 5.92 Å². The van der Waals surface area contributed by atoms with E-state index >= 15 is 0 Å². The maximum absolute atomic E-state index is 8.51. The first kappa shape index (κ1) is 11.7. The summed E-state index contributed by atoms with van der Waals surface area (Å²) in [5, 5.41) is 8.51. The molecule has 0 fully saturated rings. The summed E-state index contributed by atoms with van der Waals surface area (Å²) in [4.78, 5) is 0. The Bertz CT molecular complexity index is 136. The highest BCUT2D eigenvalue weighted by atomic mass is 35.5. The van der Waals surface area contributed by atoms with E-state index < -0.39 is 0 Å². The fraction of sp³-hybridized carbons (Fsp3) is 0.875. The molecule has 1 atom stereocenters. The van der Waals surface area contributed by atoms with E-state index in [0.29, 0.717) is 32.1 Å². The van der Waals surface area contributed by atoms with Gasteiger partial charge in [0, 0.05) is 19.6 Å². The third-order valence-electron chi connectivity index (χ3n) is 1.41. The van der Waals surface area contributed by atoms with Gasteiger partial charge in [0.15, 0.2) is 0 Å². The Morgan fingerprint density at radius 2 is 2.17 bits per heavy atom. The molecule has 0 aliphatic heterocycles. The van der Waals surface area contributed by atoms with Gasteiger partial charge in [-0.2, -0.15) is 5.26 Å². The van der Waals surface area contributed by atoms with Crippen molar-refractivity contribution in [3.63, 3.8) is 0 Å². The molecule has 3 nitrogen and oxygen atoms in total. The quantitative estimate of drug-likeness (QED) is 0.452. The maximum Gasteiger partial charge on any atom is 0.0700 e. The van der Waals surface area contributed by atoms with Gasteiger partial charge >= 0.3 is 0 Å². The second-order valence-electron chi connectivity index (χ2n) is 2.37. The molecule has 0 aliphatic rings. The Morgan fingerprint density at radius 1 is 1.42 bits per heavy atom. The Balaban J connectivity index is 3.13. The number of alkyl halides is 1. The molecule has 0 aliphatic carbocycles. The van der Waals surface area contributed by atoms with Crippen molar-refractivity contribution in [2.75, 3.05) is 32.8 Å². The van der Waals surface area contributed by atoms with E-state index in [0.717, 1.165) is 0 Å². The summed E-state index contributed by atoms with van der Waals surface area (Å²) in [6.45, 7) is 1.75. The monoisotopic (exact) mass is 191 g/mol. The van der Waals surface area contributed by atoms with Gasteiger partial charge in [-0.1, -0.05) is 0 Å². The standard InChI is InChI=1S/C8H14ClNO2/c1-11-4-5-12-3-2-8(6-9)7-10/h8H,2-6H2,1H3. The molecule has 0 aromatic carbocycles. The predicted octanol–water partition coefficient (Wildman–Crippen LogP) is 1.42. The van der Waals surface area contributed by atoms with Crippen LogP contribution >= 0.6 is 11.6 Å². The Morgan fingerprint density at radius 3 is 2.67 bits per heavy atom. The van der Waals surface area contributed by atoms with E-state index in [1.165, 1.54) is 0 Å². The SMILES string of the molecule is COCCOCCC(C#N)CCl. The summed E-state index contributed by atoms with van der Waals surface area (Å²) in [6, 6.07) is 2.10. The van der Waals surface area contributed by atoms with Crippen LogP contribution in [-0.4, -0.2) is 32.8 Å². The van der Waals surface area contributed by atoms with E-state index in [2.05, 4.69) is 6.07 Å². The molecule has 0 spiro atoms. The van der Waals surface area contributed by atoms with Crippen molar-refractivity contribution in [2.24, 2.45) is 5.92 Å². The fourth-order valence-corrected chi connectivity index (χ4v) is 0.869. The second kappa shape index (κ2) is 8.79. The molecule has 70 valence electrons. The molecule has 0 amide bonds. The highest BCUT2D eigenvalue weighted by Crippen LogP contribution is 2.03. The summed E-state index contributed by atoms with van der Waals surface area (Å²) in [7, 11) is 1.63. The lowest BCUT2D eigenvalue weighted by atomic mass is 10.1. The number of nitriles is 1. The minimum absolute atomic E-state index is 0.0887. The van der Waals surface area contributed by atoms with Gasteiger partial charge in [0.2, 0.25) is 0 Å². The number of ether oxygens (including phenoxy) is 2. The first-order chi connectivity index (χ1) is 5.85. The summed E-state index contributed by atoms with van der Waals surface area (Å²) in [5.74, 6) is 0.290. The molecule has 0 aromatic heterocycles. The van der Waals surface area contributed by atoms with Crippen LogP contribution in [0.4, 0.5) is 0 Å². The zero-order valence-electron chi connectivity index (χ0n) is 7.25. The van der Waals surface area contributed by atoms with Crippen LogP contribution in [-0.2, 0) is 9.47 Å². The van der Waals surface area contributed by atoms with Gasteiger partial charge in [-0.25, -0.2) is 0 Å². The number of methoxy groups -OCH3 is 1. The lowest BCUT2D eigenvalue weighted by Crippen LogP contribution is -2.07. The first-order valence-electron chi connectivity index (χ1n) is 3.87. The third-order valence-corrected chi connectivity index (χ3v) is 1.78. The molecule has 0 saturated carbocycles. The number of halogens is 1. The van der Waals surface area contributed by atoms with Crippen molar-refractivity contribution in [1.29, 1.82) is 5.26 Å². The minimum Gasteiger partial charge on any atom is -0.382 e. The van der Waals surface area contributed by atoms with Crippen LogP contribution in [0.3, 0.4) is 0 Å². The molecule has 0 bridgehead atoms. The lowest BCUT2D eigenvalue weighted by Gasteiger charge is -2.05. The van der Waals surface area contributed by atoms with Crippen molar-refractivity contribution >= 4 is 11.6 Å². The topological polar surface area (TPSA) is 42.2 Å². The molecule has 0 aromatic rings. The number of hydrogen-bond acceptors (Lipinski definition) is 3. The van der Waals surface area contributed by atoms with Crippen molar-refractivity contribution in [1.82, 2.24) is 0 Å². The van der Waals surface area contributed by atoms with Crippen LogP contribution in [0, 0.1) is 17.2 Å². The molecule has 0 N–H and O–H groups in total. The highest BCUT2D eigenvalue weighted by Gasteiger charge is 2.04. The van der Waals surface area contributed by atoms with Crippen LogP contribution in [0.25, 0.3) is 0 Å². The van der Waals surface area contributed by atoms with Gasteiger partial charge in [0.05, 0.1) is 25.2 Å². The molecular formula is C8H14ClNO2. The number of hydrogen-bond donors (Lipinski definition) is 0. The molecular weight excluding hydrogens is 178 g/mol. The molecule has 4 heteroatoms. The summed E-state index contributed by atoms with van der Waals surface area (Å²) in [6.07, 6.45) is 0.698. The number of rotatable bonds is 7. The maximum atomic E-state index is 8.51. The van der Waals surface area contributed by atoms with Crippen LogP contribution in [0.1, 0.15) is 6.42 Å². The van der Waals surface area contributed by atoms with Crippen LogP contribution in [0.5, 0.6) is 0 Å². The van der Waals surface area contributed by atoms with Gasteiger partial charge in [-0.3, -0.25) is 0 Å².